The van der Waals surface area contributed by atoms with Gasteiger partial charge in [0.15, 0.2) is 15.5 Å². The molecule has 0 fully saturated rings. The summed E-state index contributed by atoms with van der Waals surface area (Å²) < 4.78 is 50.5. The summed E-state index contributed by atoms with van der Waals surface area (Å²) in [6.07, 6.45) is 3.68. The fourth-order valence-electron chi connectivity index (χ4n) is 4.46. The number of hydrogen-bond acceptors (Lipinski definition) is 10. The highest BCUT2D eigenvalue weighted by atomic mass is 32.2. The van der Waals surface area contributed by atoms with E-state index in [1.807, 2.05) is 12.1 Å². The van der Waals surface area contributed by atoms with Gasteiger partial charge in [-0.2, -0.15) is 19.6 Å². The molecule has 0 saturated heterocycles. The first-order valence-electron chi connectivity index (χ1n) is 12.6. The molecule has 1 aliphatic heterocycles. The van der Waals surface area contributed by atoms with E-state index in [0.29, 0.717) is 36.3 Å². The average molecular weight is 570 g/mol. The fraction of sp³-hybridized carbons (Fsp3) is 0.346. The molecule has 0 saturated carbocycles. The van der Waals surface area contributed by atoms with Crippen molar-refractivity contribution in [2.45, 2.75) is 37.0 Å². The van der Waals surface area contributed by atoms with Crippen LogP contribution < -0.4 is 10.6 Å². The monoisotopic (exact) mass is 569 g/mol. The van der Waals surface area contributed by atoms with Crippen LogP contribution in [0.5, 0.6) is 0 Å². The second kappa shape index (κ2) is 10.5. The second-order valence-corrected chi connectivity index (χ2v) is 14.7. The Bertz CT molecular complexity index is 1730. The molecule has 0 aliphatic carbocycles. The van der Waals surface area contributed by atoms with E-state index >= 15 is 0 Å². The largest absolute Gasteiger partial charge is 0.324 e. The van der Waals surface area contributed by atoms with E-state index in [1.54, 1.807) is 50.4 Å². The Labute approximate surface area is 228 Å². The summed E-state index contributed by atoms with van der Waals surface area (Å²) in [5.41, 5.74) is 4.11. The molecule has 5 rings (SSSR count). The van der Waals surface area contributed by atoms with Crippen LogP contribution in [0, 0.1) is 0 Å². The van der Waals surface area contributed by atoms with Gasteiger partial charge >= 0.3 is 0 Å². The lowest BCUT2D eigenvalue weighted by Gasteiger charge is -2.28. The number of nitrogens with zero attached hydrogens (tertiary/aromatic N) is 5. The maximum Gasteiger partial charge on any atom is 0.233 e. The maximum atomic E-state index is 12.9. The summed E-state index contributed by atoms with van der Waals surface area (Å²) in [6.45, 7) is 5.31. The van der Waals surface area contributed by atoms with Crippen LogP contribution in [0.15, 0.2) is 59.6 Å². The van der Waals surface area contributed by atoms with Crippen molar-refractivity contribution in [2.24, 2.45) is 0 Å². The number of rotatable bonds is 9. The predicted molar refractivity (Wildman–Crippen MR) is 151 cm³/mol. The fourth-order valence-corrected chi connectivity index (χ4v) is 6.25. The molecule has 2 aromatic heterocycles. The van der Waals surface area contributed by atoms with Crippen molar-refractivity contribution < 1.29 is 16.8 Å². The molecule has 206 valence electrons. The molecule has 39 heavy (non-hydrogen) atoms. The van der Waals surface area contributed by atoms with Gasteiger partial charge in [-0.25, -0.2) is 16.8 Å². The van der Waals surface area contributed by atoms with Crippen molar-refractivity contribution in [1.82, 2.24) is 24.5 Å². The molecular formula is C26H31N7O4S2. The second-order valence-electron chi connectivity index (χ2n) is 9.95. The van der Waals surface area contributed by atoms with Gasteiger partial charge in [-0.1, -0.05) is 18.2 Å². The Kier molecular flexibility index (Phi) is 7.31. The molecule has 2 N–H and O–H groups in total. The molecule has 0 unspecified atom stereocenters. The van der Waals surface area contributed by atoms with Crippen molar-refractivity contribution in [3.63, 3.8) is 0 Å². The molecule has 11 nitrogen and oxygen atoms in total. The highest BCUT2D eigenvalue weighted by Crippen LogP contribution is 2.29. The average Bonchev–Trinajstić information content (AvgIpc) is 3.36. The summed E-state index contributed by atoms with van der Waals surface area (Å²) in [5, 5.41) is 10.1. The number of fused-ring (bicyclic) bond motifs is 2. The standard InChI is InChI=1S/C26H31N7O4S2/c1-18(2)39(36,37)23-7-5-4-6-22(23)29-26-31-25(30-24-10-12-27-33(24)26)28-21-9-8-20-17-32(13-11-19(20)16-21)14-15-38(3,34)35/h4-10,12,16,18H,11,13-15,17H2,1-3H3,(H2,28,29,30,31). The Morgan fingerprint density at radius 3 is 2.54 bits per heavy atom. The number of nitrogens with one attached hydrogen (secondary N) is 2. The highest BCUT2D eigenvalue weighted by Gasteiger charge is 2.23. The van der Waals surface area contributed by atoms with Crippen LogP contribution in [0.25, 0.3) is 5.65 Å². The van der Waals surface area contributed by atoms with Crippen molar-refractivity contribution in [3.05, 3.63) is 65.9 Å². The first kappa shape index (κ1) is 27.0. The summed E-state index contributed by atoms with van der Waals surface area (Å²) >= 11 is 0. The quantitative estimate of drug-likeness (QED) is 0.309. The number of aromatic nitrogens is 4. The minimum Gasteiger partial charge on any atom is -0.324 e. The van der Waals surface area contributed by atoms with Crippen LogP contribution in [0.4, 0.5) is 23.3 Å². The van der Waals surface area contributed by atoms with E-state index in [-0.39, 0.29) is 10.6 Å². The van der Waals surface area contributed by atoms with Crippen molar-refractivity contribution >= 4 is 48.6 Å². The lowest BCUT2D eigenvalue weighted by molar-refractivity contribution is 0.269. The molecule has 0 radical (unpaired) electrons. The molecular weight excluding hydrogens is 538 g/mol. The number of para-hydroxylation sites is 1. The number of sulfone groups is 2. The summed E-state index contributed by atoms with van der Waals surface area (Å²) in [4.78, 5) is 11.5. The van der Waals surface area contributed by atoms with E-state index in [4.69, 9.17) is 0 Å². The zero-order valence-corrected chi connectivity index (χ0v) is 23.6. The van der Waals surface area contributed by atoms with E-state index in [0.717, 1.165) is 24.2 Å². The van der Waals surface area contributed by atoms with Gasteiger partial charge in [0.2, 0.25) is 11.9 Å². The van der Waals surface area contributed by atoms with Crippen LogP contribution in [0.2, 0.25) is 0 Å². The molecule has 0 bridgehead atoms. The molecule has 13 heteroatoms. The zero-order chi connectivity index (χ0) is 27.8. The predicted octanol–water partition coefficient (Wildman–Crippen LogP) is 3.20. The van der Waals surface area contributed by atoms with E-state index < -0.39 is 24.9 Å². The van der Waals surface area contributed by atoms with Gasteiger partial charge in [0.05, 0.1) is 27.8 Å². The van der Waals surface area contributed by atoms with Crippen LogP contribution >= 0.6 is 0 Å². The Morgan fingerprint density at radius 2 is 1.77 bits per heavy atom. The smallest absolute Gasteiger partial charge is 0.233 e. The van der Waals surface area contributed by atoms with Gasteiger partial charge in [-0.3, -0.25) is 4.90 Å². The van der Waals surface area contributed by atoms with Crippen molar-refractivity contribution in [3.8, 4) is 0 Å². The van der Waals surface area contributed by atoms with E-state index in [1.165, 1.54) is 16.3 Å². The molecule has 4 aromatic rings. The summed E-state index contributed by atoms with van der Waals surface area (Å²) in [6, 6.07) is 14.5. The van der Waals surface area contributed by atoms with Gasteiger partial charge < -0.3 is 10.6 Å². The zero-order valence-electron chi connectivity index (χ0n) is 22.0. The minimum atomic E-state index is -3.53. The first-order chi connectivity index (χ1) is 18.5. The molecule has 0 spiro atoms. The Balaban J connectivity index is 1.39. The topological polar surface area (TPSA) is 139 Å². The third-order valence-corrected chi connectivity index (χ3v) is 9.78. The lowest BCUT2D eigenvalue weighted by atomic mass is 9.99. The van der Waals surface area contributed by atoms with Crippen LogP contribution in [0.3, 0.4) is 0 Å². The lowest BCUT2D eigenvalue weighted by Crippen LogP contribution is -2.34. The highest BCUT2D eigenvalue weighted by molar-refractivity contribution is 7.92. The normalized spacial score (nSPS) is 14.5. The van der Waals surface area contributed by atoms with Crippen LogP contribution in [0.1, 0.15) is 25.0 Å². The van der Waals surface area contributed by atoms with Crippen LogP contribution in [-0.2, 0) is 32.6 Å². The maximum absolute atomic E-state index is 12.9. The third-order valence-electron chi connectivity index (χ3n) is 6.65. The number of anilines is 4. The molecule has 0 amide bonds. The summed E-state index contributed by atoms with van der Waals surface area (Å²) in [5.74, 6) is 0.805. The Morgan fingerprint density at radius 1 is 0.974 bits per heavy atom. The number of benzene rings is 2. The van der Waals surface area contributed by atoms with Crippen molar-refractivity contribution in [2.75, 3.05) is 35.7 Å². The van der Waals surface area contributed by atoms with Gasteiger partial charge in [0.1, 0.15) is 9.84 Å². The minimum absolute atomic E-state index is 0.153. The van der Waals surface area contributed by atoms with Crippen molar-refractivity contribution in [1.29, 1.82) is 0 Å². The van der Waals surface area contributed by atoms with Gasteiger partial charge in [-0.15, -0.1) is 0 Å². The van der Waals surface area contributed by atoms with Gasteiger partial charge in [-0.05, 0) is 55.7 Å². The molecule has 2 aromatic carbocycles. The molecule has 0 atom stereocenters. The van der Waals surface area contributed by atoms with E-state index in [2.05, 4.69) is 36.7 Å². The number of hydrogen-bond donors (Lipinski definition) is 2. The first-order valence-corrected chi connectivity index (χ1v) is 16.2. The Hall–Kier alpha value is -3.55. The summed E-state index contributed by atoms with van der Waals surface area (Å²) in [7, 11) is -6.53. The van der Waals surface area contributed by atoms with Gasteiger partial charge in [0, 0.05) is 37.6 Å². The van der Waals surface area contributed by atoms with Crippen LogP contribution in [-0.4, -0.2) is 71.7 Å². The SMILES string of the molecule is CC(C)S(=O)(=O)c1ccccc1Nc1nc(Nc2ccc3c(c2)CCN(CCS(C)(=O)=O)C3)nc2ccnn12. The third kappa shape index (κ3) is 6.05. The molecule has 1 aliphatic rings. The van der Waals surface area contributed by atoms with Gasteiger partial charge in [0.25, 0.3) is 0 Å². The van der Waals surface area contributed by atoms with E-state index in [9.17, 15) is 16.8 Å². The molecule has 3 heterocycles.